The number of rotatable bonds is 8. The van der Waals surface area contributed by atoms with Gasteiger partial charge in [-0.05, 0) is 62.8 Å². The van der Waals surface area contributed by atoms with Crippen molar-refractivity contribution in [2.45, 2.75) is 51.3 Å². The van der Waals surface area contributed by atoms with Crippen LogP contribution in [0.15, 0.2) is 42.5 Å². The Morgan fingerprint density at radius 1 is 1.07 bits per heavy atom. The van der Waals surface area contributed by atoms with Gasteiger partial charge in [0.1, 0.15) is 25.5 Å². The minimum Gasteiger partial charge on any atom is -0.475 e. The van der Waals surface area contributed by atoms with Crippen LogP contribution in [0, 0.1) is 0 Å². The summed E-state index contributed by atoms with van der Waals surface area (Å²) >= 11 is 13.9. The number of thioether (sulfide) groups is 1. The monoisotopic (exact) mass is 619 g/mol. The highest BCUT2D eigenvalue weighted by molar-refractivity contribution is 7.99. The van der Waals surface area contributed by atoms with Crippen molar-refractivity contribution >= 4 is 72.4 Å². The molecule has 1 aliphatic heterocycles. The van der Waals surface area contributed by atoms with E-state index in [0.29, 0.717) is 35.7 Å². The molecule has 0 aromatic heterocycles. The summed E-state index contributed by atoms with van der Waals surface area (Å²) in [5.41, 5.74) is 0.586. The largest absolute Gasteiger partial charge is 0.475 e. The molecule has 1 heterocycles. The molecule has 1 fully saturated rings. The summed E-state index contributed by atoms with van der Waals surface area (Å²) in [7, 11) is 5.42. The smallest absolute Gasteiger partial charge is 0.410 e. The lowest BCUT2D eigenvalue weighted by Crippen LogP contribution is -2.55. The van der Waals surface area contributed by atoms with Gasteiger partial charge < -0.3 is 20.1 Å². The quantitative estimate of drug-likeness (QED) is 0.326. The molecule has 1 saturated heterocycles. The molecular weight excluding hydrogens is 588 g/mol. The van der Waals surface area contributed by atoms with Crippen molar-refractivity contribution in [1.29, 1.82) is 0 Å². The molecule has 1 aliphatic rings. The van der Waals surface area contributed by atoms with Crippen molar-refractivity contribution in [3.63, 3.8) is 0 Å². The fraction of sp³-hybridized carbons (Fsp3) is 0.429. The van der Waals surface area contributed by atoms with Gasteiger partial charge in [-0.2, -0.15) is 11.8 Å². The van der Waals surface area contributed by atoms with Crippen molar-refractivity contribution < 1.29 is 28.7 Å². The molecule has 0 bridgehead atoms. The van der Waals surface area contributed by atoms with Crippen LogP contribution in [-0.2, 0) is 25.5 Å². The second-order valence-electron chi connectivity index (χ2n) is 10.2. The van der Waals surface area contributed by atoms with Gasteiger partial charge in [-0.25, -0.2) is 9.59 Å². The average Bonchev–Trinajstić information content (AvgIpc) is 3.15. The minimum atomic E-state index is -1.06. The zero-order valence-electron chi connectivity index (χ0n) is 23.1. The second-order valence-corrected chi connectivity index (χ2v) is 12.3. The summed E-state index contributed by atoms with van der Waals surface area (Å²) in [5, 5.41) is 5.93. The first-order valence-corrected chi connectivity index (χ1v) is 14.9. The highest BCUT2D eigenvalue weighted by Gasteiger charge is 2.36. The fourth-order valence-electron chi connectivity index (χ4n) is 4.10. The lowest BCUT2D eigenvalue weighted by atomic mass is 10.0. The Morgan fingerprint density at radius 3 is 2.34 bits per heavy atom. The number of nitrogens with zero attached hydrogens (tertiary/aromatic N) is 1. The Balaban J connectivity index is 1.73. The highest BCUT2D eigenvalue weighted by Crippen LogP contribution is 2.26. The first kappa shape index (κ1) is 32.6. The summed E-state index contributed by atoms with van der Waals surface area (Å²) in [6.07, 6.45) is -0.0988. The van der Waals surface area contributed by atoms with E-state index in [1.165, 1.54) is 4.90 Å². The van der Waals surface area contributed by atoms with Crippen LogP contribution >= 0.6 is 35.0 Å². The van der Waals surface area contributed by atoms with Gasteiger partial charge in [-0.1, -0.05) is 41.4 Å². The third-order valence-corrected chi connectivity index (χ3v) is 7.61. The van der Waals surface area contributed by atoms with Crippen LogP contribution in [0.3, 0.4) is 0 Å². The standard InChI is InChI=1S/C28H32BCl2N3O6S/c1-28(2,3)40-27(38)34-12-14-41-13-11-22(34)24(35)33-21(26(37)39-16-29)15-17-7-9-18(10-8-17)32-25(36)23-19(30)5-4-6-20(23)31/h4-10,21-22H,11-16H2,1-3H3,(H,32,36)(H,33,35)/t21-,22?/m0/s1. The van der Waals surface area contributed by atoms with Gasteiger partial charge in [0.15, 0.2) is 0 Å². The molecule has 3 rings (SSSR count). The molecular formula is C28H32BCl2N3O6S. The predicted molar refractivity (Wildman–Crippen MR) is 162 cm³/mol. The topological polar surface area (TPSA) is 114 Å². The van der Waals surface area contributed by atoms with Crippen LogP contribution in [0.4, 0.5) is 10.5 Å². The van der Waals surface area contributed by atoms with Crippen LogP contribution in [0.25, 0.3) is 0 Å². The summed E-state index contributed by atoms with van der Waals surface area (Å²) in [6.45, 7) is 5.25. The molecule has 0 saturated carbocycles. The van der Waals surface area contributed by atoms with Crippen LogP contribution in [0.5, 0.6) is 0 Å². The lowest BCUT2D eigenvalue weighted by Gasteiger charge is -2.32. The number of ether oxygens (including phenoxy) is 2. The third kappa shape index (κ3) is 9.58. The summed E-state index contributed by atoms with van der Waals surface area (Å²) in [4.78, 5) is 53.2. The average molecular weight is 620 g/mol. The van der Waals surface area contributed by atoms with Crippen LogP contribution in [-0.4, -0.2) is 78.9 Å². The minimum absolute atomic E-state index is 0.0864. The Bertz CT molecular complexity index is 1240. The van der Waals surface area contributed by atoms with Crippen LogP contribution in [0.2, 0.25) is 10.0 Å². The molecule has 0 spiro atoms. The molecule has 2 aromatic rings. The molecule has 3 amide bonds. The number of hydrogen-bond acceptors (Lipinski definition) is 7. The number of halogens is 2. The first-order chi connectivity index (χ1) is 19.4. The van der Waals surface area contributed by atoms with E-state index in [0.717, 1.165) is 0 Å². The number of carbonyl (C=O) groups excluding carboxylic acids is 4. The maximum absolute atomic E-state index is 13.4. The summed E-state index contributed by atoms with van der Waals surface area (Å²) in [6, 6.07) is 9.61. The number of amides is 3. The SMILES string of the molecule is [B]COC(=O)[C@H](Cc1ccc(NC(=O)c2c(Cl)cccc2Cl)cc1)NC(=O)C1CCSCCN1C(=O)OC(C)(C)C. The van der Waals surface area contributed by atoms with Gasteiger partial charge in [0, 0.05) is 30.9 Å². The molecule has 0 aliphatic carbocycles. The predicted octanol–water partition coefficient (Wildman–Crippen LogP) is 4.68. The molecule has 9 nitrogen and oxygen atoms in total. The van der Waals surface area contributed by atoms with Crippen molar-refractivity contribution in [3.05, 3.63) is 63.6 Å². The molecule has 2 radical (unpaired) electrons. The van der Waals surface area contributed by atoms with Gasteiger partial charge in [-0.3, -0.25) is 14.5 Å². The van der Waals surface area contributed by atoms with Crippen molar-refractivity contribution in [3.8, 4) is 0 Å². The van der Waals surface area contributed by atoms with Crippen molar-refractivity contribution in [2.24, 2.45) is 0 Å². The summed E-state index contributed by atoms with van der Waals surface area (Å²) < 4.78 is 10.5. The number of carbonyl (C=O) groups is 4. The number of anilines is 1. The Hall–Kier alpha value is -2.89. The lowest BCUT2D eigenvalue weighted by molar-refractivity contribution is -0.146. The van der Waals surface area contributed by atoms with Gasteiger partial charge in [0.2, 0.25) is 5.91 Å². The van der Waals surface area contributed by atoms with Crippen LogP contribution in [0.1, 0.15) is 43.1 Å². The number of benzene rings is 2. The molecule has 13 heteroatoms. The first-order valence-electron chi connectivity index (χ1n) is 13.0. The van der Waals surface area contributed by atoms with E-state index in [4.69, 9.17) is 40.5 Å². The van der Waals surface area contributed by atoms with E-state index in [2.05, 4.69) is 10.6 Å². The van der Waals surface area contributed by atoms with E-state index >= 15 is 0 Å². The number of esters is 1. The van der Waals surface area contributed by atoms with E-state index in [1.807, 2.05) is 0 Å². The highest BCUT2D eigenvalue weighted by atomic mass is 35.5. The Labute approximate surface area is 255 Å². The van der Waals surface area contributed by atoms with Gasteiger partial charge >= 0.3 is 12.1 Å². The van der Waals surface area contributed by atoms with Gasteiger partial charge in [0.25, 0.3) is 5.91 Å². The van der Waals surface area contributed by atoms with Gasteiger partial charge in [0.05, 0.1) is 15.6 Å². The van der Waals surface area contributed by atoms with Crippen LogP contribution < -0.4 is 10.6 Å². The van der Waals surface area contributed by atoms with Crippen molar-refractivity contribution in [2.75, 3.05) is 29.9 Å². The van der Waals surface area contributed by atoms with E-state index in [-0.39, 0.29) is 28.5 Å². The molecule has 218 valence electrons. The maximum atomic E-state index is 13.4. The van der Waals surface area contributed by atoms with E-state index < -0.39 is 41.6 Å². The third-order valence-electron chi connectivity index (χ3n) is 5.99. The normalized spacial score (nSPS) is 16.2. The maximum Gasteiger partial charge on any atom is 0.410 e. The van der Waals surface area contributed by atoms with E-state index in [9.17, 15) is 19.2 Å². The van der Waals surface area contributed by atoms with Crippen molar-refractivity contribution in [1.82, 2.24) is 10.2 Å². The zero-order chi connectivity index (χ0) is 30.2. The molecule has 2 atom stereocenters. The zero-order valence-corrected chi connectivity index (χ0v) is 25.4. The molecule has 2 aromatic carbocycles. The number of hydrogen-bond donors (Lipinski definition) is 2. The summed E-state index contributed by atoms with van der Waals surface area (Å²) in [5.74, 6) is -0.341. The Kier molecular flexibility index (Phi) is 11.8. The molecule has 2 N–H and O–H groups in total. The molecule has 1 unspecified atom stereocenters. The second kappa shape index (κ2) is 14.8. The fourth-order valence-corrected chi connectivity index (χ4v) is 5.58. The number of nitrogens with one attached hydrogen (secondary N) is 2. The van der Waals surface area contributed by atoms with Gasteiger partial charge in [-0.15, -0.1) is 0 Å². The molecule has 41 heavy (non-hydrogen) atoms. The van der Waals surface area contributed by atoms with E-state index in [1.54, 1.807) is 75.0 Å². The Morgan fingerprint density at radius 2 is 1.73 bits per heavy atom.